The van der Waals surface area contributed by atoms with Gasteiger partial charge in [-0.2, -0.15) is 0 Å². The van der Waals surface area contributed by atoms with Gasteiger partial charge in [-0.15, -0.1) is 0 Å². The number of hydrogen-bond donors (Lipinski definition) is 6. The Kier molecular flexibility index (Phi) is 10.8. The molecule has 0 radical (unpaired) electrons. The number of cyclic esters (lactones) is 1. The number of aliphatic hydroxyl groups excluding tert-OH is 6. The SMILES string of the molecule is CC1CCC(C(C)C2CCC3C4=CC(=O)C5C[C@@H](O[C@@H]6O[C@H](CO)[C@@H](O)[C@H](O)[C@H]6O[C@@H]6O[C@@H](C)[C@H](O)[C@@H](O)[C@H]6O)CC[C@]5(C)C4CC[C@@]32C)OC1=O. The summed E-state index contributed by atoms with van der Waals surface area (Å²) in [4.78, 5) is 26.6. The minimum Gasteiger partial charge on any atom is -0.462 e. The number of carbonyl (C=O) groups is 2. The first kappa shape index (κ1) is 38.7. The minimum absolute atomic E-state index is 0.0323. The van der Waals surface area contributed by atoms with Crippen LogP contribution in [0.2, 0.25) is 0 Å². The maximum atomic E-state index is 14.2. The van der Waals surface area contributed by atoms with Crippen LogP contribution in [0.25, 0.3) is 0 Å². The zero-order valence-corrected chi connectivity index (χ0v) is 31.1. The monoisotopic (exact) mass is 736 g/mol. The van der Waals surface area contributed by atoms with Gasteiger partial charge in [-0.3, -0.25) is 9.59 Å². The molecule has 7 unspecified atom stereocenters. The molecule has 7 rings (SSSR count). The van der Waals surface area contributed by atoms with Gasteiger partial charge in [0.2, 0.25) is 0 Å². The van der Waals surface area contributed by atoms with Crippen molar-refractivity contribution in [1.29, 1.82) is 0 Å². The van der Waals surface area contributed by atoms with Crippen LogP contribution in [0.4, 0.5) is 0 Å². The molecule has 52 heavy (non-hydrogen) atoms. The number of aliphatic hydroxyl groups is 6. The van der Waals surface area contributed by atoms with Crippen molar-refractivity contribution >= 4 is 11.8 Å². The molecule has 294 valence electrons. The van der Waals surface area contributed by atoms with Crippen LogP contribution in [0, 0.1) is 46.3 Å². The van der Waals surface area contributed by atoms with Gasteiger partial charge in [-0.05, 0) is 105 Å². The molecule has 13 heteroatoms. The van der Waals surface area contributed by atoms with Crippen molar-refractivity contribution in [2.24, 2.45) is 46.3 Å². The maximum absolute atomic E-state index is 14.2. The fourth-order valence-electron chi connectivity index (χ4n) is 11.6. The molecule has 3 aliphatic heterocycles. The van der Waals surface area contributed by atoms with Gasteiger partial charge in [0.25, 0.3) is 0 Å². The van der Waals surface area contributed by atoms with Gasteiger partial charge in [0.1, 0.15) is 48.8 Å². The lowest BCUT2D eigenvalue weighted by atomic mass is 9.47. The minimum atomic E-state index is -1.66. The lowest BCUT2D eigenvalue weighted by Crippen LogP contribution is -2.64. The normalized spacial score (nSPS) is 52.9. The highest BCUT2D eigenvalue weighted by molar-refractivity contribution is 5.94. The van der Waals surface area contributed by atoms with E-state index in [2.05, 4.69) is 20.8 Å². The van der Waals surface area contributed by atoms with Crippen LogP contribution in [-0.2, 0) is 33.3 Å². The van der Waals surface area contributed by atoms with E-state index in [1.165, 1.54) is 12.5 Å². The molecule has 0 aromatic rings. The molecule has 6 N–H and O–H groups in total. The van der Waals surface area contributed by atoms with E-state index >= 15 is 0 Å². The van der Waals surface area contributed by atoms with Crippen LogP contribution in [0.15, 0.2) is 11.6 Å². The number of fused-ring (bicyclic) bond motifs is 5. The summed E-state index contributed by atoms with van der Waals surface area (Å²) < 4.78 is 29.8. The summed E-state index contributed by atoms with van der Waals surface area (Å²) in [7, 11) is 0. The second kappa shape index (κ2) is 14.5. The molecule has 3 heterocycles. The smallest absolute Gasteiger partial charge is 0.308 e. The summed E-state index contributed by atoms with van der Waals surface area (Å²) in [5.74, 6) is 0.919. The van der Waals surface area contributed by atoms with E-state index in [-0.39, 0.29) is 52.4 Å². The molecule has 0 amide bonds. The van der Waals surface area contributed by atoms with Crippen LogP contribution >= 0.6 is 0 Å². The Balaban J connectivity index is 1.06. The third kappa shape index (κ3) is 6.42. The third-order valence-corrected chi connectivity index (χ3v) is 15.0. The second-order valence-corrected chi connectivity index (χ2v) is 17.8. The van der Waals surface area contributed by atoms with Crippen molar-refractivity contribution in [1.82, 2.24) is 0 Å². The first-order valence-corrected chi connectivity index (χ1v) is 19.7. The topological polar surface area (TPSA) is 202 Å². The Morgan fingerprint density at radius 1 is 0.788 bits per heavy atom. The summed E-state index contributed by atoms with van der Waals surface area (Å²) in [5, 5.41) is 62.8. The van der Waals surface area contributed by atoms with E-state index in [0.29, 0.717) is 24.7 Å². The standard InChI is InChI=1S/C39H60O13/c1-17-6-9-27(50-35(17)47)18(2)22-7-8-23-21-15-26(41)25-14-20(10-12-39(25,5)24(21)11-13-38(22,23)4)49-37-34(32(45)30(43)28(16-40)51-37)52-36-33(46)31(44)29(42)19(3)48-36/h15,17-20,22-25,27-34,36-37,40,42-46H,6-14,16H2,1-5H3/t17?,18?,19-,20-,22?,23?,24?,25?,27?,28+,29-,30+,31+,32-,33+,34+,36-,37+,38+,39+/m0/s1. The van der Waals surface area contributed by atoms with E-state index in [1.54, 1.807) is 0 Å². The first-order valence-electron chi connectivity index (χ1n) is 19.7. The van der Waals surface area contributed by atoms with E-state index in [9.17, 15) is 40.2 Å². The quantitative estimate of drug-likeness (QED) is 0.207. The highest BCUT2D eigenvalue weighted by atomic mass is 16.8. The molecular weight excluding hydrogens is 676 g/mol. The van der Waals surface area contributed by atoms with Gasteiger partial charge in [0, 0.05) is 5.92 Å². The zero-order valence-electron chi connectivity index (χ0n) is 31.1. The lowest BCUT2D eigenvalue weighted by Gasteiger charge is -2.57. The average Bonchev–Trinajstić information content (AvgIpc) is 3.47. The Morgan fingerprint density at radius 2 is 1.50 bits per heavy atom. The predicted octanol–water partition coefficient (Wildman–Crippen LogP) is 1.76. The molecule has 6 fully saturated rings. The van der Waals surface area contributed by atoms with Gasteiger partial charge in [-0.25, -0.2) is 0 Å². The van der Waals surface area contributed by atoms with Gasteiger partial charge in [0.15, 0.2) is 18.4 Å². The van der Waals surface area contributed by atoms with Gasteiger partial charge in [0.05, 0.1) is 24.7 Å². The van der Waals surface area contributed by atoms with Gasteiger partial charge in [-0.1, -0.05) is 33.3 Å². The van der Waals surface area contributed by atoms with Crippen molar-refractivity contribution in [3.63, 3.8) is 0 Å². The number of carbonyl (C=O) groups excluding carboxylic acids is 2. The molecule has 0 aromatic carbocycles. The number of ketones is 1. The number of ether oxygens (including phenoxy) is 5. The Bertz CT molecular complexity index is 1370. The van der Waals surface area contributed by atoms with Gasteiger partial charge >= 0.3 is 5.97 Å². The Labute approximate surface area is 306 Å². The fourth-order valence-corrected chi connectivity index (χ4v) is 11.6. The van der Waals surface area contributed by atoms with E-state index in [1.807, 2.05) is 13.0 Å². The van der Waals surface area contributed by atoms with Gasteiger partial charge < -0.3 is 54.3 Å². The molecule has 0 bridgehead atoms. The van der Waals surface area contributed by atoms with E-state index < -0.39 is 74.1 Å². The van der Waals surface area contributed by atoms with Crippen LogP contribution in [0.5, 0.6) is 0 Å². The highest BCUT2D eigenvalue weighted by Crippen LogP contribution is 2.67. The molecule has 3 saturated heterocycles. The summed E-state index contributed by atoms with van der Waals surface area (Å²) in [6.07, 6.45) is -4.92. The molecule has 7 aliphatic rings. The van der Waals surface area contributed by atoms with Crippen LogP contribution in [0.1, 0.15) is 92.4 Å². The van der Waals surface area contributed by atoms with Crippen molar-refractivity contribution < 1.29 is 63.9 Å². The van der Waals surface area contributed by atoms with Crippen molar-refractivity contribution in [2.45, 2.75) is 166 Å². The Hall–Kier alpha value is -1.52. The molecule has 3 saturated carbocycles. The fraction of sp³-hybridized carbons (Fsp3) is 0.897. The van der Waals surface area contributed by atoms with Crippen molar-refractivity contribution in [3.8, 4) is 0 Å². The molecule has 4 aliphatic carbocycles. The summed E-state index contributed by atoms with van der Waals surface area (Å²) in [5.41, 5.74) is 1.06. The number of hydrogen-bond acceptors (Lipinski definition) is 13. The number of esters is 1. The first-order chi connectivity index (χ1) is 24.6. The number of rotatable bonds is 7. The number of allylic oxidation sites excluding steroid dienone is 2. The maximum Gasteiger partial charge on any atom is 0.308 e. The molecule has 0 aromatic heterocycles. The molecule has 20 atom stereocenters. The summed E-state index contributed by atoms with van der Waals surface area (Å²) in [6.45, 7) is 9.74. The molecular formula is C39H60O13. The summed E-state index contributed by atoms with van der Waals surface area (Å²) in [6, 6.07) is 0. The zero-order chi connectivity index (χ0) is 37.4. The van der Waals surface area contributed by atoms with Crippen LogP contribution < -0.4 is 0 Å². The Morgan fingerprint density at radius 3 is 2.21 bits per heavy atom. The summed E-state index contributed by atoms with van der Waals surface area (Å²) >= 11 is 0. The van der Waals surface area contributed by atoms with Crippen molar-refractivity contribution in [3.05, 3.63) is 11.6 Å². The molecule has 13 nitrogen and oxygen atoms in total. The second-order valence-electron chi connectivity index (χ2n) is 17.8. The van der Waals surface area contributed by atoms with Crippen LogP contribution in [-0.4, -0.2) is 123 Å². The van der Waals surface area contributed by atoms with E-state index in [4.69, 9.17) is 23.7 Å². The lowest BCUT2D eigenvalue weighted by molar-refractivity contribution is -0.370. The molecule has 0 spiro atoms. The third-order valence-electron chi connectivity index (χ3n) is 15.0. The average molecular weight is 737 g/mol. The van der Waals surface area contributed by atoms with Crippen LogP contribution in [0.3, 0.4) is 0 Å². The highest BCUT2D eigenvalue weighted by Gasteiger charge is 2.61. The predicted molar refractivity (Wildman–Crippen MR) is 183 cm³/mol. The largest absolute Gasteiger partial charge is 0.462 e. The van der Waals surface area contributed by atoms with Crippen molar-refractivity contribution in [2.75, 3.05) is 6.61 Å². The van der Waals surface area contributed by atoms with E-state index in [0.717, 1.165) is 44.9 Å².